The predicted molar refractivity (Wildman–Crippen MR) is 140 cm³/mol. The van der Waals surface area contributed by atoms with Gasteiger partial charge >= 0.3 is 11.9 Å². The molecule has 1 aromatic heterocycles. The molecule has 10 nitrogen and oxygen atoms in total. The molecule has 0 fully saturated rings. The van der Waals surface area contributed by atoms with Crippen LogP contribution in [-0.2, 0) is 9.59 Å². The average Bonchev–Trinajstić information content (AvgIpc) is 2.91. The standard InChI is InChI=1S/C28H23N3O7/c32-24(33)13-12-23(31-26(35)18-8-6-17(7-9-18)16-4-2-1-3-5-16)27(36)30-19-10-11-22-20(14-19)25(34)21(15-29-22)28(37)38/h1-11,14-15,23H,12-13H2,(H,29,34)(H,30,36)(H,31,35)(H,32,33)(H,37,38)/t23-/m0/s1. The summed E-state index contributed by atoms with van der Waals surface area (Å²) in [4.78, 5) is 63.6. The van der Waals surface area contributed by atoms with Crippen LogP contribution in [0.4, 0.5) is 5.69 Å². The summed E-state index contributed by atoms with van der Waals surface area (Å²) in [5, 5.41) is 23.5. The summed E-state index contributed by atoms with van der Waals surface area (Å²) in [7, 11) is 0. The number of rotatable bonds is 9. The van der Waals surface area contributed by atoms with Gasteiger partial charge in [0, 0.05) is 34.8 Å². The molecule has 0 aliphatic carbocycles. The molecule has 3 aromatic carbocycles. The van der Waals surface area contributed by atoms with Gasteiger partial charge in [0.25, 0.3) is 5.91 Å². The van der Waals surface area contributed by atoms with E-state index in [1.165, 1.54) is 18.2 Å². The number of carbonyl (C=O) groups is 4. The second-order valence-corrected chi connectivity index (χ2v) is 8.49. The molecule has 0 bridgehead atoms. The van der Waals surface area contributed by atoms with Gasteiger partial charge in [-0.15, -0.1) is 0 Å². The van der Waals surface area contributed by atoms with Crippen LogP contribution in [0.5, 0.6) is 0 Å². The molecule has 192 valence electrons. The number of aromatic carboxylic acids is 1. The van der Waals surface area contributed by atoms with E-state index in [1.54, 1.807) is 24.3 Å². The number of anilines is 1. The first-order valence-corrected chi connectivity index (χ1v) is 11.6. The number of carboxylic acid groups (broad SMARTS) is 2. The Morgan fingerprint density at radius 3 is 2.21 bits per heavy atom. The number of fused-ring (bicyclic) bond motifs is 1. The second-order valence-electron chi connectivity index (χ2n) is 8.49. The summed E-state index contributed by atoms with van der Waals surface area (Å²) in [5.41, 5.74) is 1.53. The molecule has 0 aliphatic heterocycles. The minimum absolute atomic E-state index is 0.0485. The van der Waals surface area contributed by atoms with Crippen molar-refractivity contribution in [3.8, 4) is 11.1 Å². The van der Waals surface area contributed by atoms with Gasteiger partial charge in [-0.2, -0.15) is 0 Å². The van der Waals surface area contributed by atoms with Crippen molar-refractivity contribution in [2.45, 2.75) is 18.9 Å². The van der Waals surface area contributed by atoms with Crippen molar-refractivity contribution in [1.29, 1.82) is 0 Å². The van der Waals surface area contributed by atoms with Gasteiger partial charge in [-0.05, 0) is 47.9 Å². The summed E-state index contributed by atoms with van der Waals surface area (Å²) in [6, 6.07) is 19.5. The van der Waals surface area contributed by atoms with Crippen LogP contribution in [0.15, 0.2) is 83.8 Å². The number of carbonyl (C=O) groups excluding carboxylic acids is 2. The van der Waals surface area contributed by atoms with Crippen molar-refractivity contribution in [2.75, 3.05) is 5.32 Å². The number of benzene rings is 3. The van der Waals surface area contributed by atoms with E-state index in [2.05, 4.69) is 15.6 Å². The third kappa shape index (κ3) is 5.93. The smallest absolute Gasteiger partial charge is 0.341 e. The van der Waals surface area contributed by atoms with Gasteiger partial charge in [0.2, 0.25) is 11.3 Å². The van der Waals surface area contributed by atoms with Crippen molar-refractivity contribution in [3.05, 3.63) is 100 Å². The molecule has 4 rings (SSSR count). The van der Waals surface area contributed by atoms with E-state index in [0.717, 1.165) is 17.3 Å². The number of aromatic nitrogens is 1. The van der Waals surface area contributed by atoms with Crippen molar-refractivity contribution in [1.82, 2.24) is 10.3 Å². The zero-order chi connectivity index (χ0) is 27.2. The van der Waals surface area contributed by atoms with E-state index in [0.29, 0.717) is 5.52 Å². The molecule has 0 radical (unpaired) electrons. The molecule has 38 heavy (non-hydrogen) atoms. The van der Waals surface area contributed by atoms with Gasteiger partial charge in [0.05, 0.1) is 0 Å². The maximum Gasteiger partial charge on any atom is 0.341 e. The third-order valence-corrected chi connectivity index (χ3v) is 5.90. The summed E-state index contributed by atoms with van der Waals surface area (Å²) < 4.78 is 0. The highest BCUT2D eigenvalue weighted by atomic mass is 16.4. The molecule has 0 aliphatic rings. The molecule has 5 N–H and O–H groups in total. The Morgan fingerprint density at radius 2 is 1.55 bits per heavy atom. The normalized spacial score (nSPS) is 11.5. The molecule has 0 unspecified atom stereocenters. The largest absolute Gasteiger partial charge is 0.481 e. The number of carboxylic acids is 2. The van der Waals surface area contributed by atoms with Gasteiger partial charge in [0.1, 0.15) is 11.6 Å². The van der Waals surface area contributed by atoms with Crippen LogP contribution in [-0.4, -0.2) is 45.0 Å². The average molecular weight is 514 g/mol. The molecule has 2 amide bonds. The zero-order valence-electron chi connectivity index (χ0n) is 19.9. The number of aliphatic carboxylic acids is 1. The fourth-order valence-electron chi connectivity index (χ4n) is 3.91. The summed E-state index contributed by atoms with van der Waals surface area (Å²) in [6.45, 7) is 0. The number of amides is 2. The predicted octanol–water partition coefficient (Wildman–Crippen LogP) is 3.50. The van der Waals surface area contributed by atoms with Crippen molar-refractivity contribution in [3.63, 3.8) is 0 Å². The van der Waals surface area contributed by atoms with E-state index in [-0.39, 0.29) is 29.5 Å². The molecule has 0 saturated carbocycles. The fourth-order valence-corrected chi connectivity index (χ4v) is 3.91. The fraction of sp³-hybridized carbons (Fsp3) is 0.107. The first kappa shape index (κ1) is 25.8. The van der Waals surface area contributed by atoms with Crippen LogP contribution in [0.2, 0.25) is 0 Å². The van der Waals surface area contributed by atoms with Gasteiger partial charge in [-0.3, -0.25) is 19.2 Å². The van der Waals surface area contributed by atoms with E-state index in [9.17, 15) is 29.1 Å². The number of hydrogen-bond donors (Lipinski definition) is 5. The third-order valence-electron chi connectivity index (χ3n) is 5.90. The summed E-state index contributed by atoms with van der Waals surface area (Å²) in [6.07, 6.45) is 0.548. The quantitative estimate of drug-likeness (QED) is 0.228. The molecular formula is C28H23N3O7. The van der Waals surface area contributed by atoms with Gasteiger partial charge < -0.3 is 25.8 Å². The first-order chi connectivity index (χ1) is 18.2. The monoisotopic (exact) mass is 513 g/mol. The van der Waals surface area contributed by atoms with Crippen molar-refractivity contribution >= 4 is 40.3 Å². The van der Waals surface area contributed by atoms with E-state index in [1.807, 2.05) is 30.3 Å². The number of aromatic amines is 1. The van der Waals surface area contributed by atoms with Crippen molar-refractivity contribution in [2.24, 2.45) is 0 Å². The Labute approximate surface area is 215 Å². The van der Waals surface area contributed by atoms with Crippen LogP contribution in [0.1, 0.15) is 33.6 Å². The van der Waals surface area contributed by atoms with Crippen LogP contribution < -0.4 is 16.1 Å². The Hall–Kier alpha value is -5.25. The number of H-pyrrole nitrogens is 1. The Kier molecular flexibility index (Phi) is 7.62. The molecular weight excluding hydrogens is 490 g/mol. The molecule has 1 atom stereocenters. The lowest BCUT2D eigenvalue weighted by Gasteiger charge is -2.18. The SMILES string of the molecule is O=C(O)CC[C@H](NC(=O)c1ccc(-c2ccccc2)cc1)C(=O)Nc1ccc2[nH]cc(C(=O)O)c(=O)c2c1. The van der Waals surface area contributed by atoms with Crippen LogP contribution in [0, 0.1) is 0 Å². The van der Waals surface area contributed by atoms with Gasteiger partial charge in [-0.25, -0.2) is 4.79 Å². The molecule has 4 aromatic rings. The number of pyridine rings is 1. The minimum atomic E-state index is -1.39. The van der Waals surface area contributed by atoms with Crippen LogP contribution in [0.3, 0.4) is 0 Å². The van der Waals surface area contributed by atoms with Crippen molar-refractivity contribution < 1.29 is 29.4 Å². The maximum atomic E-state index is 13.0. The number of hydrogen-bond acceptors (Lipinski definition) is 5. The highest BCUT2D eigenvalue weighted by Crippen LogP contribution is 2.20. The van der Waals surface area contributed by atoms with Gasteiger partial charge in [-0.1, -0.05) is 42.5 Å². The topological polar surface area (TPSA) is 166 Å². The lowest BCUT2D eigenvalue weighted by Crippen LogP contribution is -2.44. The Morgan fingerprint density at radius 1 is 0.868 bits per heavy atom. The molecule has 0 saturated heterocycles. The van der Waals surface area contributed by atoms with Gasteiger partial charge in [0.15, 0.2) is 0 Å². The highest BCUT2D eigenvalue weighted by molar-refractivity contribution is 6.02. The van der Waals surface area contributed by atoms with E-state index >= 15 is 0 Å². The van der Waals surface area contributed by atoms with E-state index in [4.69, 9.17) is 5.11 Å². The Bertz CT molecular complexity index is 1580. The van der Waals surface area contributed by atoms with E-state index < -0.39 is 40.8 Å². The van der Waals surface area contributed by atoms with Crippen LogP contribution >= 0.6 is 0 Å². The number of nitrogens with one attached hydrogen (secondary N) is 3. The molecule has 0 spiro atoms. The second kappa shape index (κ2) is 11.2. The zero-order valence-corrected chi connectivity index (χ0v) is 19.9. The minimum Gasteiger partial charge on any atom is -0.481 e. The summed E-state index contributed by atoms with van der Waals surface area (Å²) >= 11 is 0. The lowest BCUT2D eigenvalue weighted by molar-refractivity contribution is -0.137. The van der Waals surface area contributed by atoms with Crippen LogP contribution in [0.25, 0.3) is 22.0 Å². The Balaban J connectivity index is 1.53. The highest BCUT2D eigenvalue weighted by Gasteiger charge is 2.23. The first-order valence-electron chi connectivity index (χ1n) is 11.6. The summed E-state index contributed by atoms with van der Waals surface area (Å²) in [5.74, 6) is -3.78. The molecule has 10 heteroatoms. The maximum absolute atomic E-state index is 13.0. The lowest BCUT2D eigenvalue weighted by atomic mass is 10.0. The molecule has 1 heterocycles.